The largest absolute Gasteiger partial charge is 0.480 e. The molecule has 4 nitrogen and oxygen atoms in total. The van der Waals surface area contributed by atoms with Crippen molar-refractivity contribution in [2.75, 3.05) is 13.1 Å². The van der Waals surface area contributed by atoms with Crippen LogP contribution in [0.2, 0.25) is 0 Å². The minimum Gasteiger partial charge on any atom is -0.480 e. The van der Waals surface area contributed by atoms with E-state index >= 15 is 0 Å². The maximum absolute atomic E-state index is 12.2. The van der Waals surface area contributed by atoms with Crippen molar-refractivity contribution in [2.45, 2.75) is 6.18 Å². The van der Waals surface area contributed by atoms with Gasteiger partial charge in [-0.3, -0.25) is 9.59 Å². The first kappa shape index (κ1) is 14.0. The van der Waals surface area contributed by atoms with E-state index in [0.29, 0.717) is 0 Å². The van der Waals surface area contributed by atoms with E-state index in [9.17, 15) is 22.8 Å². The zero-order chi connectivity index (χ0) is 13.8. The molecule has 0 aromatic heterocycles. The van der Waals surface area contributed by atoms with Crippen molar-refractivity contribution in [1.82, 2.24) is 4.90 Å². The Morgan fingerprint density at radius 2 is 1.72 bits per heavy atom. The first-order valence-electron chi connectivity index (χ1n) is 4.92. The Labute approximate surface area is 101 Å². The van der Waals surface area contributed by atoms with Gasteiger partial charge in [-0.25, -0.2) is 0 Å². The Balaban J connectivity index is 2.89. The summed E-state index contributed by atoms with van der Waals surface area (Å²) in [5, 5.41) is 8.52. The average molecular weight is 261 g/mol. The number of nitrogens with zero attached hydrogens (tertiary/aromatic N) is 1. The van der Waals surface area contributed by atoms with Crippen molar-refractivity contribution in [3.63, 3.8) is 0 Å². The third kappa shape index (κ3) is 4.44. The number of hydrogen-bond acceptors (Lipinski definition) is 2. The molecule has 1 aromatic carbocycles. The van der Waals surface area contributed by atoms with Gasteiger partial charge in [0, 0.05) is 5.56 Å². The van der Waals surface area contributed by atoms with Crippen LogP contribution in [0.3, 0.4) is 0 Å². The predicted molar refractivity (Wildman–Crippen MR) is 56.0 cm³/mol. The monoisotopic (exact) mass is 261 g/mol. The van der Waals surface area contributed by atoms with Gasteiger partial charge in [-0.05, 0) is 12.1 Å². The fourth-order valence-electron chi connectivity index (χ4n) is 1.34. The number of alkyl halides is 3. The number of carbonyl (C=O) groups is 2. The molecule has 0 unspecified atom stereocenters. The molecule has 1 rings (SSSR count). The van der Waals surface area contributed by atoms with Crippen molar-refractivity contribution in [1.29, 1.82) is 0 Å². The molecule has 0 atom stereocenters. The van der Waals surface area contributed by atoms with Gasteiger partial charge in [0.25, 0.3) is 5.91 Å². The highest BCUT2D eigenvalue weighted by Gasteiger charge is 2.34. The molecule has 0 aliphatic rings. The molecule has 1 amide bonds. The molecule has 0 bridgehead atoms. The van der Waals surface area contributed by atoms with Crippen LogP contribution in [0.25, 0.3) is 0 Å². The van der Waals surface area contributed by atoms with Gasteiger partial charge in [0.05, 0.1) is 0 Å². The number of hydrogen-bond donors (Lipinski definition) is 1. The van der Waals surface area contributed by atoms with Crippen molar-refractivity contribution in [2.24, 2.45) is 0 Å². The molecule has 1 aromatic rings. The molecule has 1 N–H and O–H groups in total. The number of halogens is 3. The van der Waals surface area contributed by atoms with E-state index in [2.05, 4.69) is 0 Å². The topological polar surface area (TPSA) is 57.6 Å². The maximum atomic E-state index is 12.2. The molecule has 0 saturated carbocycles. The van der Waals surface area contributed by atoms with Crippen LogP contribution in [0.5, 0.6) is 0 Å². The summed E-state index contributed by atoms with van der Waals surface area (Å²) in [5.74, 6) is -2.46. The number of benzene rings is 1. The van der Waals surface area contributed by atoms with Crippen LogP contribution in [0.15, 0.2) is 30.3 Å². The van der Waals surface area contributed by atoms with Gasteiger partial charge in [0.15, 0.2) is 0 Å². The Morgan fingerprint density at radius 1 is 1.17 bits per heavy atom. The number of rotatable bonds is 4. The lowest BCUT2D eigenvalue weighted by atomic mass is 10.2. The second-order valence-electron chi connectivity index (χ2n) is 3.54. The van der Waals surface area contributed by atoms with Crippen LogP contribution >= 0.6 is 0 Å². The molecule has 7 heteroatoms. The second kappa shape index (κ2) is 5.52. The van der Waals surface area contributed by atoms with Gasteiger partial charge in [-0.2, -0.15) is 13.2 Å². The van der Waals surface area contributed by atoms with Crippen LogP contribution in [0, 0.1) is 0 Å². The molecular weight excluding hydrogens is 251 g/mol. The molecule has 0 aliphatic heterocycles. The summed E-state index contributed by atoms with van der Waals surface area (Å²) in [7, 11) is 0. The summed E-state index contributed by atoms with van der Waals surface area (Å²) in [5.41, 5.74) is 0.0167. The Bertz CT molecular complexity index is 431. The number of carbonyl (C=O) groups excluding carboxylic acids is 1. The first-order chi connectivity index (χ1) is 8.29. The molecule has 0 radical (unpaired) electrons. The van der Waals surface area contributed by atoms with Crippen molar-refractivity contribution >= 4 is 11.9 Å². The highest BCUT2D eigenvalue weighted by atomic mass is 19.4. The van der Waals surface area contributed by atoms with Gasteiger partial charge in [-0.1, -0.05) is 18.2 Å². The standard InChI is InChI=1S/C11H10F3NO3/c12-11(13,14)7-15(6-9(16)17)10(18)8-4-2-1-3-5-8/h1-5H,6-7H2,(H,16,17). The van der Waals surface area contributed by atoms with Gasteiger partial charge in [-0.15, -0.1) is 0 Å². The molecule has 98 valence electrons. The zero-order valence-corrected chi connectivity index (χ0v) is 9.15. The highest BCUT2D eigenvalue weighted by Crippen LogP contribution is 2.18. The lowest BCUT2D eigenvalue weighted by molar-refractivity contribution is -0.149. The van der Waals surface area contributed by atoms with Crippen LogP contribution in [-0.4, -0.2) is 41.1 Å². The van der Waals surface area contributed by atoms with Gasteiger partial charge < -0.3 is 10.0 Å². The van der Waals surface area contributed by atoms with Crippen LogP contribution in [0.1, 0.15) is 10.4 Å². The van der Waals surface area contributed by atoms with Gasteiger partial charge in [0.2, 0.25) is 0 Å². The minimum atomic E-state index is -4.64. The van der Waals surface area contributed by atoms with Crippen LogP contribution < -0.4 is 0 Å². The first-order valence-corrected chi connectivity index (χ1v) is 4.92. The average Bonchev–Trinajstić information content (AvgIpc) is 2.26. The molecule has 0 spiro atoms. The normalized spacial score (nSPS) is 11.1. The molecule has 0 saturated heterocycles. The van der Waals surface area contributed by atoms with E-state index in [-0.39, 0.29) is 10.5 Å². The summed E-state index contributed by atoms with van der Waals surface area (Å²) in [4.78, 5) is 22.4. The summed E-state index contributed by atoms with van der Waals surface area (Å²) >= 11 is 0. The van der Waals surface area contributed by atoms with Gasteiger partial charge in [0.1, 0.15) is 13.1 Å². The van der Waals surface area contributed by atoms with E-state index < -0.39 is 31.1 Å². The molecular formula is C11H10F3NO3. The fraction of sp³-hybridized carbons (Fsp3) is 0.273. The van der Waals surface area contributed by atoms with E-state index in [1.807, 2.05) is 0 Å². The van der Waals surface area contributed by atoms with E-state index in [4.69, 9.17) is 5.11 Å². The molecule has 0 aliphatic carbocycles. The van der Waals surface area contributed by atoms with E-state index in [1.165, 1.54) is 24.3 Å². The lowest BCUT2D eigenvalue weighted by Gasteiger charge is -2.22. The summed E-state index contributed by atoms with van der Waals surface area (Å²) in [6.07, 6.45) is -4.64. The fourth-order valence-corrected chi connectivity index (χ4v) is 1.34. The second-order valence-corrected chi connectivity index (χ2v) is 3.54. The molecule has 18 heavy (non-hydrogen) atoms. The number of carboxylic acid groups (broad SMARTS) is 1. The number of carboxylic acids is 1. The Morgan fingerprint density at radius 3 is 2.17 bits per heavy atom. The number of aliphatic carboxylic acids is 1. The van der Waals surface area contributed by atoms with Gasteiger partial charge >= 0.3 is 12.1 Å². The SMILES string of the molecule is O=C(O)CN(CC(F)(F)F)C(=O)c1ccccc1. The maximum Gasteiger partial charge on any atom is 0.406 e. The number of amides is 1. The van der Waals surface area contributed by atoms with Crippen LogP contribution in [-0.2, 0) is 4.79 Å². The summed E-state index contributed by atoms with van der Waals surface area (Å²) in [6.45, 7) is -2.58. The Kier molecular flexibility index (Phi) is 4.30. The lowest BCUT2D eigenvalue weighted by Crippen LogP contribution is -2.42. The molecule has 0 heterocycles. The van der Waals surface area contributed by atoms with Crippen molar-refractivity contribution in [3.8, 4) is 0 Å². The quantitative estimate of drug-likeness (QED) is 0.898. The predicted octanol–water partition coefficient (Wildman–Crippen LogP) is 1.78. The van der Waals surface area contributed by atoms with E-state index in [0.717, 1.165) is 0 Å². The summed E-state index contributed by atoms with van der Waals surface area (Å²) in [6, 6.07) is 7.22. The zero-order valence-electron chi connectivity index (χ0n) is 9.15. The minimum absolute atomic E-state index is 0.0167. The Hall–Kier alpha value is -2.05. The third-order valence-corrected chi connectivity index (χ3v) is 2.00. The summed E-state index contributed by atoms with van der Waals surface area (Å²) < 4.78 is 36.7. The molecule has 0 fully saturated rings. The van der Waals surface area contributed by atoms with E-state index in [1.54, 1.807) is 6.07 Å². The van der Waals surface area contributed by atoms with Crippen LogP contribution in [0.4, 0.5) is 13.2 Å². The third-order valence-electron chi connectivity index (χ3n) is 2.00. The highest BCUT2D eigenvalue weighted by molar-refractivity contribution is 5.95. The smallest absolute Gasteiger partial charge is 0.406 e. The van der Waals surface area contributed by atoms with Crippen molar-refractivity contribution in [3.05, 3.63) is 35.9 Å². The van der Waals surface area contributed by atoms with Crippen molar-refractivity contribution < 1.29 is 27.9 Å².